The van der Waals surface area contributed by atoms with E-state index in [0.717, 1.165) is 22.8 Å². The minimum atomic E-state index is 0.516. The summed E-state index contributed by atoms with van der Waals surface area (Å²) < 4.78 is 2.11. The predicted molar refractivity (Wildman–Crippen MR) is 70.2 cm³/mol. The number of pyridine rings is 1. The van der Waals surface area contributed by atoms with E-state index in [9.17, 15) is 0 Å². The molecule has 17 heavy (non-hydrogen) atoms. The number of nitrogens with zero attached hydrogens (tertiary/aromatic N) is 3. The molecule has 2 N–H and O–H groups in total. The van der Waals surface area contributed by atoms with Gasteiger partial charge in [0.05, 0.1) is 0 Å². The zero-order chi connectivity index (χ0) is 11.7. The third kappa shape index (κ3) is 1.93. The first kappa shape index (κ1) is 11.0. The van der Waals surface area contributed by atoms with Crippen molar-refractivity contribution in [2.45, 2.75) is 25.3 Å². The maximum Gasteiger partial charge on any atom is 0.165 e. The standard InChI is InChI=1S/C12H16N4S/c13-7-9-3-1-5-16-11(9)14-15-12(16)10-4-2-6-17-8-10/h1,3,5,10H,2,4,6-8,13H2. The Kier molecular flexibility index (Phi) is 3.03. The molecular weight excluding hydrogens is 232 g/mol. The summed E-state index contributed by atoms with van der Waals surface area (Å²) in [5.74, 6) is 4.08. The Balaban J connectivity index is 2.05. The summed E-state index contributed by atoms with van der Waals surface area (Å²) in [6, 6.07) is 4.04. The summed E-state index contributed by atoms with van der Waals surface area (Å²) in [4.78, 5) is 0. The number of hydrogen-bond donors (Lipinski definition) is 1. The Hall–Kier alpha value is -1.07. The van der Waals surface area contributed by atoms with Gasteiger partial charge in [-0.25, -0.2) is 0 Å². The van der Waals surface area contributed by atoms with Crippen LogP contribution in [0.4, 0.5) is 0 Å². The van der Waals surface area contributed by atoms with Gasteiger partial charge in [-0.05, 0) is 24.7 Å². The van der Waals surface area contributed by atoms with E-state index >= 15 is 0 Å². The molecular formula is C12H16N4S. The largest absolute Gasteiger partial charge is 0.326 e. The van der Waals surface area contributed by atoms with Gasteiger partial charge in [-0.1, -0.05) is 6.07 Å². The fourth-order valence-corrected chi connectivity index (χ4v) is 3.51. The van der Waals surface area contributed by atoms with Crippen molar-refractivity contribution in [1.29, 1.82) is 0 Å². The molecule has 0 aliphatic carbocycles. The number of thioether (sulfide) groups is 1. The van der Waals surface area contributed by atoms with Gasteiger partial charge in [0.2, 0.25) is 0 Å². The van der Waals surface area contributed by atoms with E-state index in [4.69, 9.17) is 5.73 Å². The summed E-state index contributed by atoms with van der Waals surface area (Å²) in [6.07, 6.45) is 4.55. The monoisotopic (exact) mass is 248 g/mol. The second-order valence-electron chi connectivity index (χ2n) is 4.40. The lowest BCUT2D eigenvalue weighted by molar-refractivity contribution is 0.617. The highest BCUT2D eigenvalue weighted by Crippen LogP contribution is 2.30. The van der Waals surface area contributed by atoms with Crippen LogP contribution in [0.5, 0.6) is 0 Å². The molecule has 0 amide bonds. The van der Waals surface area contributed by atoms with Crippen LogP contribution in [0.2, 0.25) is 0 Å². The predicted octanol–water partition coefficient (Wildman–Crippen LogP) is 1.80. The van der Waals surface area contributed by atoms with Gasteiger partial charge < -0.3 is 5.73 Å². The highest BCUT2D eigenvalue weighted by Gasteiger charge is 2.21. The summed E-state index contributed by atoms with van der Waals surface area (Å²) >= 11 is 2.01. The lowest BCUT2D eigenvalue weighted by atomic mass is 10.0. The van der Waals surface area contributed by atoms with Gasteiger partial charge in [-0.15, -0.1) is 10.2 Å². The van der Waals surface area contributed by atoms with E-state index in [1.807, 2.05) is 30.1 Å². The van der Waals surface area contributed by atoms with Crippen molar-refractivity contribution in [2.24, 2.45) is 5.73 Å². The number of rotatable bonds is 2. The van der Waals surface area contributed by atoms with Crippen molar-refractivity contribution in [3.8, 4) is 0 Å². The maximum atomic E-state index is 5.72. The quantitative estimate of drug-likeness (QED) is 0.880. The molecule has 0 radical (unpaired) electrons. The summed E-state index contributed by atoms with van der Waals surface area (Å²) in [5.41, 5.74) is 7.70. The van der Waals surface area contributed by atoms with Crippen LogP contribution in [0.3, 0.4) is 0 Å². The summed E-state index contributed by atoms with van der Waals surface area (Å²) in [5, 5.41) is 8.66. The maximum absolute atomic E-state index is 5.72. The van der Waals surface area contributed by atoms with Crippen LogP contribution in [-0.4, -0.2) is 26.1 Å². The summed E-state index contributed by atoms with van der Waals surface area (Å²) in [7, 11) is 0. The third-order valence-electron chi connectivity index (χ3n) is 3.29. The molecule has 0 aromatic carbocycles. The molecule has 5 heteroatoms. The van der Waals surface area contributed by atoms with Crippen molar-refractivity contribution in [3.05, 3.63) is 29.7 Å². The molecule has 4 nitrogen and oxygen atoms in total. The smallest absolute Gasteiger partial charge is 0.165 e. The van der Waals surface area contributed by atoms with Gasteiger partial charge in [-0.3, -0.25) is 4.40 Å². The SMILES string of the molecule is NCc1cccn2c(C3CCCSC3)nnc12. The molecule has 3 heterocycles. The molecule has 2 aromatic heterocycles. The number of fused-ring (bicyclic) bond motifs is 1. The molecule has 1 unspecified atom stereocenters. The molecule has 1 aliphatic rings. The number of hydrogen-bond acceptors (Lipinski definition) is 4. The molecule has 1 atom stereocenters. The normalized spacial score (nSPS) is 20.9. The van der Waals surface area contributed by atoms with E-state index in [2.05, 4.69) is 14.6 Å². The Labute approximate surface area is 105 Å². The zero-order valence-corrected chi connectivity index (χ0v) is 10.5. The summed E-state index contributed by atoms with van der Waals surface area (Å²) in [6.45, 7) is 0.516. The van der Waals surface area contributed by atoms with Gasteiger partial charge >= 0.3 is 0 Å². The third-order valence-corrected chi connectivity index (χ3v) is 4.50. The van der Waals surface area contributed by atoms with Crippen LogP contribution < -0.4 is 5.73 Å². The van der Waals surface area contributed by atoms with E-state index in [1.54, 1.807) is 0 Å². The van der Waals surface area contributed by atoms with Gasteiger partial charge in [0.1, 0.15) is 5.82 Å². The molecule has 3 rings (SSSR count). The minimum absolute atomic E-state index is 0.516. The topological polar surface area (TPSA) is 56.2 Å². The lowest BCUT2D eigenvalue weighted by Crippen LogP contribution is -2.12. The van der Waals surface area contributed by atoms with Crippen LogP contribution in [0, 0.1) is 0 Å². The van der Waals surface area contributed by atoms with Crippen molar-refractivity contribution in [3.63, 3.8) is 0 Å². The fraction of sp³-hybridized carbons (Fsp3) is 0.500. The molecule has 1 saturated heterocycles. The van der Waals surface area contributed by atoms with Gasteiger partial charge in [0.15, 0.2) is 5.65 Å². The molecule has 2 aromatic rings. The number of nitrogens with two attached hydrogens (primary N) is 1. The fourth-order valence-electron chi connectivity index (χ4n) is 2.37. The average molecular weight is 248 g/mol. The number of aromatic nitrogens is 3. The lowest BCUT2D eigenvalue weighted by Gasteiger charge is -2.19. The van der Waals surface area contributed by atoms with Crippen LogP contribution >= 0.6 is 11.8 Å². The second-order valence-corrected chi connectivity index (χ2v) is 5.55. The second kappa shape index (κ2) is 4.66. The van der Waals surface area contributed by atoms with Crippen molar-refractivity contribution in [2.75, 3.05) is 11.5 Å². The van der Waals surface area contributed by atoms with E-state index in [0.29, 0.717) is 12.5 Å². The average Bonchev–Trinajstić information content (AvgIpc) is 2.83. The van der Waals surface area contributed by atoms with Crippen molar-refractivity contribution < 1.29 is 0 Å². The van der Waals surface area contributed by atoms with Crippen LogP contribution in [0.15, 0.2) is 18.3 Å². The highest BCUT2D eigenvalue weighted by molar-refractivity contribution is 7.99. The molecule has 0 saturated carbocycles. The Morgan fingerprint density at radius 2 is 2.41 bits per heavy atom. The molecule has 90 valence electrons. The van der Waals surface area contributed by atoms with E-state index in [-0.39, 0.29) is 0 Å². The Morgan fingerprint density at radius 3 is 3.18 bits per heavy atom. The zero-order valence-electron chi connectivity index (χ0n) is 9.67. The molecule has 0 bridgehead atoms. The van der Waals surface area contributed by atoms with Gasteiger partial charge in [0.25, 0.3) is 0 Å². The minimum Gasteiger partial charge on any atom is -0.326 e. The Bertz CT molecular complexity index is 516. The first-order valence-electron chi connectivity index (χ1n) is 6.00. The van der Waals surface area contributed by atoms with E-state index < -0.39 is 0 Å². The highest BCUT2D eigenvalue weighted by atomic mass is 32.2. The molecule has 1 aliphatic heterocycles. The molecule has 0 spiro atoms. The van der Waals surface area contributed by atoms with Gasteiger partial charge in [-0.2, -0.15) is 11.8 Å². The molecule has 1 fully saturated rings. The van der Waals surface area contributed by atoms with E-state index in [1.165, 1.54) is 18.6 Å². The van der Waals surface area contributed by atoms with Crippen LogP contribution in [0.25, 0.3) is 5.65 Å². The van der Waals surface area contributed by atoms with Crippen LogP contribution in [-0.2, 0) is 6.54 Å². The first-order chi connectivity index (χ1) is 8.40. The van der Waals surface area contributed by atoms with Gasteiger partial charge in [0, 0.05) is 30.0 Å². The van der Waals surface area contributed by atoms with Crippen molar-refractivity contribution in [1.82, 2.24) is 14.6 Å². The van der Waals surface area contributed by atoms with Crippen molar-refractivity contribution >= 4 is 17.4 Å². The first-order valence-corrected chi connectivity index (χ1v) is 7.16. The Morgan fingerprint density at radius 1 is 1.47 bits per heavy atom. The van der Waals surface area contributed by atoms with Crippen LogP contribution in [0.1, 0.15) is 30.1 Å².